The lowest BCUT2D eigenvalue weighted by Gasteiger charge is -2.27. The van der Waals surface area contributed by atoms with Gasteiger partial charge < -0.3 is 10.8 Å². The molecule has 4 nitrogen and oxygen atoms in total. The number of thioether (sulfide) groups is 1. The largest absolute Gasteiger partial charge is 0.480 e. The average Bonchev–Trinajstić information content (AvgIpc) is 2.74. The first kappa shape index (κ1) is 15.5. The number of rotatable bonds is 6. The summed E-state index contributed by atoms with van der Waals surface area (Å²) in [5.74, 6) is 0.161. The van der Waals surface area contributed by atoms with Gasteiger partial charge in [-0.25, -0.2) is 4.98 Å². The highest BCUT2D eigenvalue weighted by Gasteiger charge is 2.32. The first-order chi connectivity index (χ1) is 8.24. The second-order valence-corrected chi connectivity index (χ2v) is 7.56. The molecule has 0 saturated carbocycles. The molecule has 0 fully saturated rings. The van der Waals surface area contributed by atoms with E-state index in [9.17, 15) is 4.79 Å². The Labute approximate surface area is 116 Å². The van der Waals surface area contributed by atoms with Crippen LogP contribution >= 0.6 is 23.1 Å². The molecule has 1 atom stereocenters. The summed E-state index contributed by atoms with van der Waals surface area (Å²) < 4.78 is -0.507. The Morgan fingerprint density at radius 2 is 2.22 bits per heavy atom. The van der Waals surface area contributed by atoms with Crippen LogP contribution in [0.3, 0.4) is 0 Å². The number of hydrogen-bond acceptors (Lipinski definition) is 5. The zero-order chi connectivity index (χ0) is 13.9. The zero-order valence-corrected chi connectivity index (χ0v) is 12.8. The van der Waals surface area contributed by atoms with Crippen LogP contribution in [-0.2, 0) is 10.5 Å². The van der Waals surface area contributed by atoms with Crippen molar-refractivity contribution in [1.29, 1.82) is 0 Å². The monoisotopic (exact) mass is 288 g/mol. The van der Waals surface area contributed by atoms with Crippen molar-refractivity contribution < 1.29 is 9.90 Å². The van der Waals surface area contributed by atoms with E-state index in [1.54, 1.807) is 11.3 Å². The van der Waals surface area contributed by atoms with Crippen LogP contribution in [0.15, 0.2) is 5.38 Å². The number of hydrogen-bond donors (Lipinski definition) is 2. The fraction of sp³-hybridized carbons (Fsp3) is 0.667. The van der Waals surface area contributed by atoms with Crippen molar-refractivity contribution in [2.45, 2.75) is 50.2 Å². The van der Waals surface area contributed by atoms with E-state index in [4.69, 9.17) is 10.8 Å². The van der Waals surface area contributed by atoms with Crippen LogP contribution in [0.2, 0.25) is 0 Å². The van der Waals surface area contributed by atoms with Gasteiger partial charge in [0.2, 0.25) is 0 Å². The Morgan fingerprint density at radius 1 is 1.61 bits per heavy atom. The topological polar surface area (TPSA) is 76.2 Å². The lowest BCUT2D eigenvalue weighted by atomic mass is 10.1. The number of carboxylic acids is 1. The highest BCUT2D eigenvalue weighted by Crippen LogP contribution is 2.31. The molecule has 0 aliphatic heterocycles. The average molecular weight is 288 g/mol. The first-order valence-corrected chi connectivity index (χ1v) is 7.67. The van der Waals surface area contributed by atoms with Gasteiger partial charge in [0.15, 0.2) is 0 Å². The van der Waals surface area contributed by atoms with Crippen molar-refractivity contribution in [2.24, 2.45) is 5.73 Å². The standard InChI is InChI=1S/C12H20N2O2S2/c1-7(2)10-14-8(5-17-10)6-18-12(3,4)9(13)11(15)16/h5,7,9H,6,13H2,1-4H3,(H,15,16)/t9-/m0/s1. The van der Waals surface area contributed by atoms with Crippen molar-refractivity contribution in [3.8, 4) is 0 Å². The highest BCUT2D eigenvalue weighted by molar-refractivity contribution is 7.99. The van der Waals surface area contributed by atoms with Crippen molar-refractivity contribution >= 4 is 29.1 Å². The molecule has 18 heavy (non-hydrogen) atoms. The van der Waals surface area contributed by atoms with E-state index in [0.717, 1.165) is 10.7 Å². The minimum Gasteiger partial charge on any atom is -0.480 e. The summed E-state index contributed by atoms with van der Waals surface area (Å²) >= 11 is 3.18. The maximum atomic E-state index is 10.9. The first-order valence-electron chi connectivity index (χ1n) is 5.80. The Balaban J connectivity index is 2.61. The molecule has 0 amide bonds. The SMILES string of the molecule is CC(C)c1nc(CSC(C)(C)[C@@H](N)C(=O)O)cs1. The van der Waals surface area contributed by atoms with Gasteiger partial charge in [-0.2, -0.15) is 0 Å². The molecular weight excluding hydrogens is 268 g/mol. The molecule has 0 radical (unpaired) electrons. The smallest absolute Gasteiger partial charge is 0.321 e. The normalized spacial score (nSPS) is 13.9. The molecule has 3 N–H and O–H groups in total. The number of nitrogens with zero attached hydrogens (tertiary/aromatic N) is 1. The molecule has 0 spiro atoms. The summed E-state index contributed by atoms with van der Waals surface area (Å²) in [5.41, 5.74) is 6.67. The van der Waals surface area contributed by atoms with E-state index >= 15 is 0 Å². The Kier molecular flexibility index (Phi) is 5.19. The van der Waals surface area contributed by atoms with Gasteiger partial charge in [-0.1, -0.05) is 13.8 Å². The molecular formula is C12H20N2O2S2. The molecule has 0 aliphatic rings. The number of thiazole rings is 1. The van der Waals surface area contributed by atoms with Gasteiger partial charge in [0.25, 0.3) is 0 Å². The van der Waals surface area contributed by atoms with Gasteiger partial charge in [0.1, 0.15) is 6.04 Å². The summed E-state index contributed by atoms with van der Waals surface area (Å²) in [6.07, 6.45) is 0. The Hall–Kier alpha value is -0.590. The van der Waals surface area contributed by atoms with E-state index in [1.807, 2.05) is 19.2 Å². The molecule has 0 aliphatic carbocycles. The Morgan fingerprint density at radius 3 is 2.67 bits per heavy atom. The number of carboxylic acid groups (broad SMARTS) is 1. The molecule has 6 heteroatoms. The van der Waals surface area contributed by atoms with Crippen LogP contribution in [0.25, 0.3) is 0 Å². The van der Waals surface area contributed by atoms with Crippen LogP contribution in [-0.4, -0.2) is 26.8 Å². The summed E-state index contributed by atoms with van der Waals surface area (Å²) in [5, 5.41) is 12.1. The van der Waals surface area contributed by atoms with E-state index in [1.165, 1.54) is 11.8 Å². The minimum absolute atomic E-state index is 0.433. The maximum absolute atomic E-state index is 10.9. The van der Waals surface area contributed by atoms with Gasteiger partial charge in [0, 0.05) is 21.8 Å². The molecule has 0 saturated heterocycles. The van der Waals surface area contributed by atoms with Crippen LogP contribution in [0.4, 0.5) is 0 Å². The molecule has 1 aromatic heterocycles. The molecule has 1 heterocycles. The molecule has 1 aromatic rings. The minimum atomic E-state index is -0.964. The third kappa shape index (κ3) is 3.96. The predicted octanol–water partition coefficient (Wildman–Crippen LogP) is 2.69. The lowest BCUT2D eigenvalue weighted by Crippen LogP contribution is -2.46. The third-order valence-corrected chi connectivity index (χ3v) is 5.30. The van der Waals surface area contributed by atoms with Gasteiger partial charge >= 0.3 is 5.97 Å². The van der Waals surface area contributed by atoms with Crippen LogP contribution in [0, 0.1) is 0 Å². The van der Waals surface area contributed by atoms with Crippen molar-refractivity contribution in [3.05, 3.63) is 16.1 Å². The molecule has 0 aromatic carbocycles. The van der Waals surface area contributed by atoms with E-state index < -0.39 is 16.8 Å². The summed E-state index contributed by atoms with van der Waals surface area (Å²) in [6, 6.07) is -0.870. The summed E-state index contributed by atoms with van der Waals surface area (Å²) in [6.45, 7) is 7.93. The van der Waals surface area contributed by atoms with Gasteiger partial charge in [-0.15, -0.1) is 23.1 Å². The highest BCUT2D eigenvalue weighted by atomic mass is 32.2. The van der Waals surface area contributed by atoms with Crippen LogP contribution < -0.4 is 5.73 Å². The zero-order valence-electron chi connectivity index (χ0n) is 11.1. The maximum Gasteiger partial charge on any atom is 0.321 e. The predicted molar refractivity (Wildman–Crippen MR) is 77.2 cm³/mol. The number of aliphatic carboxylic acids is 1. The lowest BCUT2D eigenvalue weighted by molar-refractivity contribution is -0.139. The quantitative estimate of drug-likeness (QED) is 0.841. The van der Waals surface area contributed by atoms with E-state index in [-0.39, 0.29) is 0 Å². The van der Waals surface area contributed by atoms with E-state index in [0.29, 0.717) is 11.7 Å². The third-order valence-electron chi connectivity index (χ3n) is 2.67. The van der Waals surface area contributed by atoms with Crippen LogP contribution in [0.1, 0.15) is 44.3 Å². The van der Waals surface area contributed by atoms with Gasteiger partial charge in [-0.05, 0) is 13.8 Å². The summed E-state index contributed by atoms with van der Waals surface area (Å²) in [7, 11) is 0. The van der Waals surface area contributed by atoms with Gasteiger partial charge in [-0.3, -0.25) is 4.79 Å². The molecule has 1 rings (SSSR count). The molecule has 0 unspecified atom stereocenters. The van der Waals surface area contributed by atoms with Gasteiger partial charge in [0.05, 0.1) is 10.7 Å². The number of nitrogens with two attached hydrogens (primary N) is 1. The molecule has 102 valence electrons. The number of carbonyl (C=O) groups is 1. The number of aromatic nitrogens is 1. The Bertz CT molecular complexity index is 416. The molecule has 0 bridgehead atoms. The van der Waals surface area contributed by atoms with Crippen molar-refractivity contribution in [1.82, 2.24) is 4.98 Å². The fourth-order valence-electron chi connectivity index (χ4n) is 1.30. The summed E-state index contributed by atoms with van der Waals surface area (Å²) in [4.78, 5) is 15.4. The second-order valence-electron chi connectivity index (χ2n) is 5.04. The van der Waals surface area contributed by atoms with Crippen molar-refractivity contribution in [3.63, 3.8) is 0 Å². The van der Waals surface area contributed by atoms with Crippen LogP contribution in [0.5, 0.6) is 0 Å². The van der Waals surface area contributed by atoms with E-state index in [2.05, 4.69) is 18.8 Å². The van der Waals surface area contributed by atoms with Crippen molar-refractivity contribution in [2.75, 3.05) is 0 Å². The second kappa shape index (κ2) is 6.04. The fourth-order valence-corrected chi connectivity index (χ4v) is 3.19.